The van der Waals surface area contributed by atoms with Crippen LogP contribution in [0.2, 0.25) is 5.02 Å². The second kappa shape index (κ2) is 6.17. The quantitative estimate of drug-likeness (QED) is 0.819. The molecule has 4 rings (SSSR count). The number of rotatable bonds is 7. The van der Waals surface area contributed by atoms with Crippen LogP contribution in [-0.4, -0.2) is 24.7 Å². The van der Waals surface area contributed by atoms with Crippen molar-refractivity contribution in [1.82, 2.24) is 14.5 Å². The third-order valence-electron chi connectivity index (χ3n) is 4.54. The first kappa shape index (κ1) is 16.1. The molecule has 128 valence electrons. The van der Waals surface area contributed by atoms with E-state index in [0.29, 0.717) is 29.9 Å². The van der Waals surface area contributed by atoms with Gasteiger partial charge in [-0.25, -0.2) is 13.1 Å². The van der Waals surface area contributed by atoms with E-state index >= 15 is 0 Å². The van der Waals surface area contributed by atoms with E-state index in [1.807, 2.05) is 4.68 Å². The number of aromatic nitrogens is 2. The summed E-state index contributed by atoms with van der Waals surface area (Å²) in [5.74, 6) is 1.22. The summed E-state index contributed by atoms with van der Waals surface area (Å²) in [6.45, 7) is 0.874. The van der Waals surface area contributed by atoms with Crippen LogP contribution >= 0.6 is 11.6 Å². The van der Waals surface area contributed by atoms with Gasteiger partial charge in [0, 0.05) is 29.1 Å². The Morgan fingerprint density at radius 3 is 2.58 bits per heavy atom. The van der Waals surface area contributed by atoms with Crippen LogP contribution in [0.15, 0.2) is 35.2 Å². The Balaban J connectivity index is 1.43. The van der Waals surface area contributed by atoms with Gasteiger partial charge in [-0.15, -0.1) is 0 Å². The highest BCUT2D eigenvalue weighted by atomic mass is 35.5. The molecule has 0 aliphatic heterocycles. The van der Waals surface area contributed by atoms with Crippen molar-refractivity contribution in [3.05, 3.63) is 46.7 Å². The predicted molar refractivity (Wildman–Crippen MR) is 92.8 cm³/mol. The molecule has 0 saturated heterocycles. The fraction of sp³-hybridized carbons (Fsp3) is 0.471. The third kappa shape index (κ3) is 3.50. The lowest BCUT2D eigenvalue weighted by Gasteiger charge is -2.09. The van der Waals surface area contributed by atoms with Gasteiger partial charge in [-0.05, 0) is 49.9 Å². The van der Waals surface area contributed by atoms with Crippen molar-refractivity contribution in [3.8, 4) is 0 Å². The number of nitrogens with zero attached hydrogens (tertiary/aromatic N) is 2. The maximum Gasteiger partial charge on any atom is 0.240 e. The lowest BCUT2D eigenvalue weighted by Crippen LogP contribution is -2.28. The second-order valence-electron chi connectivity index (χ2n) is 6.62. The minimum absolute atomic E-state index is 0.191. The molecule has 24 heavy (non-hydrogen) atoms. The molecular formula is C17H20ClN3O2S. The number of hydrogen-bond donors (Lipinski definition) is 1. The van der Waals surface area contributed by atoms with Gasteiger partial charge in [-0.2, -0.15) is 5.10 Å². The van der Waals surface area contributed by atoms with Crippen LogP contribution in [0.25, 0.3) is 0 Å². The third-order valence-corrected chi connectivity index (χ3v) is 6.24. The lowest BCUT2D eigenvalue weighted by molar-refractivity contribution is 0.548. The van der Waals surface area contributed by atoms with Gasteiger partial charge in [-0.3, -0.25) is 4.68 Å². The summed E-state index contributed by atoms with van der Waals surface area (Å²) in [5, 5.41) is 5.11. The Morgan fingerprint density at radius 1 is 1.17 bits per heavy atom. The summed E-state index contributed by atoms with van der Waals surface area (Å²) in [7, 11) is -3.54. The molecule has 7 heteroatoms. The topological polar surface area (TPSA) is 64.0 Å². The summed E-state index contributed by atoms with van der Waals surface area (Å²) in [6.07, 6.45) is 4.87. The van der Waals surface area contributed by atoms with Crippen molar-refractivity contribution < 1.29 is 8.42 Å². The summed E-state index contributed by atoms with van der Waals surface area (Å²) in [6, 6.07) is 8.52. The van der Waals surface area contributed by atoms with Crippen molar-refractivity contribution in [2.45, 2.75) is 49.0 Å². The van der Waals surface area contributed by atoms with Gasteiger partial charge in [0.2, 0.25) is 10.0 Å². The second-order valence-corrected chi connectivity index (χ2v) is 8.82. The minimum atomic E-state index is -3.54. The molecule has 0 bridgehead atoms. The largest absolute Gasteiger partial charge is 0.268 e. The van der Waals surface area contributed by atoms with Crippen molar-refractivity contribution in [2.75, 3.05) is 6.54 Å². The van der Waals surface area contributed by atoms with Gasteiger partial charge in [0.05, 0.1) is 17.1 Å². The van der Waals surface area contributed by atoms with Gasteiger partial charge in [0.25, 0.3) is 0 Å². The standard InChI is InChI=1S/C17H20ClN3O2S/c18-14-2-1-3-15(10-14)24(22,23)19-8-9-21-17(13-6-7-13)11-16(20-21)12-4-5-12/h1-3,10-13,19H,4-9H2. The molecule has 0 unspecified atom stereocenters. The van der Waals surface area contributed by atoms with E-state index in [4.69, 9.17) is 16.7 Å². The molecule has 2 aliphatic rings. The number of benzene rings is 1. The summed E-state index contributed by atoms with van der Waals surface area (Å²) < 4.78 is 29.3. The molecule has 0 amide bonds. The van der Waals surface area contributed by atoms with Crippen molar-refractivity contribution in [1.29, 1.82) is 0 Å². The zero-order valence-corrected chi connectivity index (χ0v) is 14.9. The van der Waals surface area contributed by atoms with Crippen LogP contribution in [0.5, 0.6) is 0 Å². The molecular weight excluding hydrogens is 346 g/mol. The van der Waals surface area contributed by atoms with Crippen LogP contribution in [-0.2, 0) is 16.6 Å². The molecule has 2 saturated carbocycles. The van der Waals surface area contributed by atoms with Crippen molar-refractivity contribution in [2.24, 2.45) is 0 Å². The van der Waals surface area contributed by atoms with Gasteiger partial charge in [0.1, 0.15) is 0 Å². The first-order valence-electron chi connectivity index (χ1n) is 8.36. The first-order valence-corrected chi connectivity index (χ1v) is 10.2. The van der Waals surface area contributed by atoms with Gasteiger partial charge < -0.3 is 0 Å². The average molecular weight is 366 g/mol. The fourth-order valence-electron chi connectivity index (χ4n) is 2.92. The predicted octanol–water partition coefficient (Wildman–Crippen LogP) is 3.27. The summed E-state index contributed by atoms with van der Waals surface area (Å²) in [4.78, 5) is 0.191. The maximum absolute atomic E-state index is 12.3. The molecule has 0 spiro atoms. The highest BCUT2D eigenvalue weighted by Crippen LogP contribution is 2.44. The number of hydrogen-bond acceptors (Lipinski definition) is 3. The number of sulfonamides is 1. The highest BCUT2D eigenvalue weighted by Gasteiger charge is 2.32. The Bertz CT molecular complexity index is 854. The Morgan fingerprint density at radius 2 is 1.92 bits per heavy atom. The zero-order valence-electron chi connectivity index (χ0n) is 13.3. The van der Waals surface area contributed by atoms with E-state index in [2.05, 4.69) is 10.8 Å². The van der Waals surface area contributed by atoms with E-state index < -0.39 is 10.0 Å². The lowest BCUT2D eigenvalue weighted by atomic mass is 10.2. The van der Waals surface area contributed by atoms with Crippen molar-refractivity contribution in [3.63, 3.8) is 0 Å². The van der Waals surface area contributed by atoms with Crippen LogP contribution < -0.4 is 4.72 Å². The highest BCUT2D eigenvalue weighted by molar-refractivity contribution is 7.89. The van der Waals surface area contributed by atoms with E-state index in [0.717, 1.165) is 0 Å². The van der Waals surface area contributed by atoms with Gasteiger partial charge >= 0.3 is 0 Å². The molecule has 5 nitrogen and oxygen atoms in total. The number of halogens is 1. The molecule has 1 aromatic heterocycles. The average Bonchev–Trinajstić information content (AvgIpc) is 3.46. The Kier molecular flexibility index (Phi) is 4.14. The summed E-state index contributed by atoms with van der Waals surface area (Å²) >= 11 is 5.88. The molecule has 1 heterocycles. The van der Waals surface area contributed by atoms with Crippen LogP contribution in [0.3, 0.4) is 0 Å². The van der Waals surface area contributed by atoms with Gasteiger partial charge in [-0.1, -0.05) is 17.7 Å². The van der Waals surface area contributed by atoms with E-state index in [1.54, 1.807) is 18.2 Å². The summed E-state index contributed by atoms with van der Waals surface area (Å²) in [5.41, 5.74) is 2.44. The normalized spacial score (nSPS) is 18.0. The zero-order chi connectivity index (χ0) is 16.7. The van der Waals surface area contributed by atoms with E-state index in [-0.39, 0.29) is 4.90 Å². The fourth-order valence-corrected chi connectivity index (χ4v) is 4.24. The molecule has 2 aromatic rings. The van der Waals surface area contributed by atoms with Crippen LogP contribution in [0, 0.1) is 0 Å². The van der Waals surface area contributed by atoms with Crippen molar-refractivity contribution >= 4 is 21.6 Å². The number of nitrogens with one attached hydrogen (secondary N) is 1. The van der Waals surface area contributed by atoms with Crippen LogP contribution in [0.1, 0.15) is 48.9 Å². The Hall–Kier alpha value is -1.37. The minimum Gasteiger partial charge on any atom is -0.268 e. The first-order chi connectivity index (χ1) is 11.5. The smallest absolute Gasteiger partial charge is 0.240 e. The monoisotopic (exact) mass is 365 g/mol. The molecule has 0 atom stereocenters. The molecule has 0 radical (unpaired) electrons. The van der Waals surface area contributed by atoms with E-state index in [9.17, 15) is 8.42 Å². The molecule has 1 aromatic carbocycles. The SMILES string of the molecule is O=S(=O)(NCCn1nc(C2CC2)cc1C1CC1)c1cccc(Cl)c1. The molecule has 2 aliphatic carbocycles. The van der Waals surface area contributed by atoms with E-state index in [1.165, 1.54) is 43.1 Å². The van der Waals surface area contributed by atoms with Gasteiger partial charge in [0.15, 0.2) is 0 Å². The molecule has 1 N–H and O–H groups in total. The molecule has 2 fully saturated rings. The van der Waals surface area contributed by atoms with Crippen LogP contribution in [0.4, 0.5) is 0 Å². The maximum atomic E-state index is 12.3. The Labute approximate surface area is 147 Å².